The third-order valence-corrected chi connectivity index (χ3v) is 2.85. The number of halogens is 1. The van der Waals surface area contributed by atoms with Gasteiger partial charge in [-0.25, -0.2) is 0 Å². The van der Waals surface area contributed by atoms with E-state index in [4.69, 9.17) is 4.74 Å². The van der Waals surface area contributed by atoms with E-state index in [2.05, 4.69) is 41.9 Å². The minimum absolute atomic E-state index is 0.119. The predicted molar refractivity (Wildman–Crippen MR) is 60.4 cm³/mol. The highest BCUT2D eigenvalue weighted by Gasteiger charge is 2.30. The lowest BCUT2D eigenvalue weighted by atomic mass is 10.0. The van der Waals surface area contributed by atoms with Gasteiger partial charge in [0.05, 0.1) is 11.7 Å². The second-order valence-corrected chi connectivity index (χ2v) is 5.02. The Bertz CT molecular complexity index is 175. The van der Waals surface area contributed by atoms with Gasteiger partial charge in [-0.05, 0) is 39.5 Å². The molecule has 1 heterocycles. The smallest absolute Gasteiger partial charge is 0.0631 e. The number of allylic oxidation sites excluding steroid dienone is 1. The molecule has 1 rings (SSSR count). The average Bonchev–Trinajstić information content (AvgIpc) is 2.40. The van der Waals surface area contributed by atoms with Crippen molar-refractivity contribution in [3.8, 4) is 0 Å². The second kappa shape index (κ2) is 5.16. The van der Waals surface area contributed by atoms with Crippen LogP contribution in [0.1, 0.15) is 39.5 Å². The third-order valence-electron chi connectivity index (χ3n) is 2.40. The Morgan fingerprint density at radius 2 is 2.23 bits per heavy atom. The lowest BCUT2D eigenvalue weighted by Gasteiger charge is -2.18. The number of ether oxygens (including phenoxy) is 1. The van der Waals surface area contributed by atoms with Crippen LogP contribution in [0.5, 0.6) is 0 Å². The number of hydrogen-bond donors (Lipinski definition) is 0. The molecule has 76 valence electrons. The quantitative estimate of drug-likeness (QED) is 0.544. The van der Waals surface area contributed by atoms with Gasteiger partial charge in [0.15, 0.2) is 0 Å². The summed E-state index contributed by atoms with van der Waals surface area (Å²) in [5.41, 5.74) is 0.119. The van der Waals surface area contributed by atoms with Crippen molar-refractivity contribution in [3.05, 3.63) is 12.2 Å². The minimum atomic E-state index is 0.119. The summed E-state index contributed by atoms with van der Waals surface area (Å²) in [4.78, 5) is 0. The monoisotopic (exact) mass is 246 g/mol. The van der Waals surface area contributed by atoms with E-state index in [1.165, 1.54) is 12.8 Å². The molecule has 0 spiro atoms. The van der Waals surface area contributed by atoms with Crippen molar-refractivity contribution in [2.24, 2.45) is 0 Å². The fourth-order valence-electron chi connectivity index (χ4n) is 1.67. The Labute approximate surface area is 89.7 Å². The van der Waals surface area contributed by atoms with Crippen molar-refractivity contribution in [2.75, 3.05) is 5.33 Å². The molecule has 1 nitrogen and oxygen atoms in total. The first-order valence-electron chi connectivity index (χ1n) is 5.03. The second-order valence-electron chi connectivity index (χ2n) is 4.22. The Morgan fingerprint density at radius 1 is 1.46 bits per heavy atom. The summed E-state index contributed by atoms with van der Waals surface area (Å²) in [6, 6.07) is 0. The maximum Gasteiger partial charge on any atom is 0.0631 e. The van der Waals surface area contributed by atoms with Gasteiger partial charge in [0.25, 0.3) is 0 Å². The van der Waals surface area contributed by atoms with Crippen LogP contribution in [-0.4, -0.2) is 17.0 Å². The van der Waals surface area contributed by atoms with E-state index in [9.17, 15) is 0 Å². The van der Waals surface area contributed by atoms with Gasteiger partial charge in [0.1, 0.15) is 0 Å². The van der Waals surface area contributed by atoms with E-state index >= 15 is 0 Å². The molecule has 0 aromatic heterocycles. The van der Waals surface area contributed by atoms with Crippen LogP contribution in [0.25, 0.3) is 0 Å². The molecular weight excluding hydrogens is 228 g/mol. The molecule has 2 heteroatoms. The maximum absolute atomic E-state index is 5.87. The van der Waals surface area contributed by atoms with Gasteiger partial charge in [-0.3, -0.25) is 0 Å². The van der Waals surface area contributed by atoms with Crippen LogP contribution >= 0.6 is 15.9 Å². The number of hydrogen-bond acceptors (Lipinski definition) is 1. The van der Waals surface area contributed by atoms with Crippen LogP contribution in [0.4, 0.5) is 0 Å². The summed E-state index contributed by atoms with van der Waals surface area (Å²) < 4.78 is 5.87. The molecule has 0 bridgehead atoms. The Kier molecular flexibility index (Phi) is 4.47. The van der Waals surface area contributed by atoms with E-state index in [1.54, 1.807) is 0 Å². The summed E-state index contributed by atoms with van der Waals surface area (Å²) in [7, 11) is 0. The fourth-order valence-corrected chi connectivity index (χ4v) is 1.94. The van der Waals surface area contributed by atoms with E-state index in [0.717, 1.165) is 18.2 Å². The highest BCUT2D eigenvalue weighted by molar-refractivity contribution is 9.09. The Morgan fingerprint density at radius 3 is 2.77 bits per heavy atom. The fraction of sp³-hybridized carbons (Fsp3) is 0.818. The first-order chi connectivity index (χ1) is 6.14. The molecule has 0 radical (unpaired) electrons. The highest BCUT2D eigenvalue weighted by Crippen LogP contribution is 2.30. The zero-order valence-corrected chi connectivity index (χ0v) is 10.1. The molecule has 1 aliphatic rings. The van der Waals surface area contributed by atoms with Gasteiger partial charge in [0, 0.05) is 5.33 Å². The largest absolute Gasteiger partial charge is 0.372 e. The molecule has 0 aromatic rings. The first-order valence-corrected chi connectivity index (χ1v) is 6.15. The van der Waals surface area contributed by atoms with Crippen LogP contribution in [-0.2, 0) is 4.74 Å². The van der Waals surface area contributed by atoms with Crippen molar-refractivity contribution in [1.29, 1.82) is 0 Å². The van der Waals surface area contributed by atoms with Crippen LogP contribution < -0.4 is 0 Å². The summed E-state index contributed by atoms with van der Waals surface area (Å²) in [6.07, 6.45) is 9.54. The van der Waals surface area contributed by atoms with Crippen molar-refractivity contribution >= 4 is 15.9 Å². The van der Waals surface area contributed by atoms with Gasteiger partial charge in [0.2, 0.25) is 0 Å². The molecule has 1 aliphatic heterocycles. The molecule has 0 amide bonds. The van der Waals surface area contributed by atoms with Gasteiger partial charge < -0.3 is 4.74 Å². The average molecular weight is 247 g/mol. The Balaban J connectivity index is 2.17. The third kappa shape index (κ3) is 4.28. The zero-order valence-electron chi connectivity index (χ0n) is 8.55. The Hall–Kier alpha value is 0.180. The summed E-state index contributed by atoms with van der Waals surface area (Å²) >= 11 is 3.40. The van der Waals surface area contributed by atoms with E-state index in [0.29, 0.717) is 6.10 Å². The SMILES string of the molecule is CC1(C)CCC(C/C=C/CCBr)O1. The lowest BCUT2D eigenvalue weighted by Crippen LogP contribution is -2.19. The molecule has 0 aromatic carbocycles. The van der Waals surface area contributed by atoms with E-state index in [1.807, 2.05) is 0 Å². The molecular formula is C11H19BrO. The van der Waals surface area contributed by atoms with Gasteiger partial charge >= 0.3 is 0 Å². The van der Waals surface area contributed by atoms with E-state index in [-0.39, 0.29) is 5.60 Å². The molecule has 1 atom stereocenters. The molecule has 1 unspecified atom stereocenters. The molecule has 0 aliphatic carbocycles. The van der Waals surface area contributed by atoms with Crippen molar-refractivity contribution in [2.45, 2.75) is 51.2 Å². The number of rotatable bonds is 4. The number of alkyl halides is 1. The van der Waals surface area contributed by atoms with Crippen LogP contribution in [0.3, 0.4) is 0 Å². The molecule has 1 saturated heterocycles. The molecule has 0 saturated carbocycles. The van der Waals surface area contributed by atoms with Crippen LogP contribution in [0.2, 0.25) is 0 Å². The lowest BCUT2D eigenvalue weighted by molar-refractivity contribution is -0.0134. The van der Waals surface area contributed by atoms with E-state index < -0.39 is 0 Å². The van der Waals surface area contributed by atoms with Crippen LogP contribution in [0.15, 0.2) is 12.2 Å². The van der Waals surface area contributed by atoms with Gasteiger partial charge in [-0.15, -0.1) is 0 Å². The highest BCUT2D eigenvalue weighted by atomic mass is 79.9. The minimum Gasteiger partial charge on any atom is -0.372 e. The van der Waals surface area contributed by atoms with Crippen LogP contribution in [0, 0.1) is 0 Å². The van der Waals surface area contributed by atoms with Gasteiger partial charge in [-0.2, -0.15) is 0 Å². The summed E-state index contributed by atoms with van der Waals surface area (Å²) in [5.74, 6) is 0. The topological polar surface area (TPSA) is 9.23 Å². The molecule has 13 heavy (non-hydrogen) atoms. The molecule has 0 N–H and O–H groups in total. The summed E-state index contributed by atoms with van der Waals surface area (Å²) in [6.45, 7) is 4.35. The molecule has 1 fully saturated rings. The summed E-state index contributed by atoms with van der Waals surface area (Å²) in [5, 5.41) is 1.06. The normalized spacial score (nSPS) is 27.2. The predicted octanol–water partition coefficient (Wildman–Crippen LogP) is 3.68. The van der Waals surface area contributed by atoms with Crippen molar-refractivity contribution < 1.29 is 4.74 Å². The zero-order chi connectivity index (χ0) is 9.73. The standard InChI is InChI=1S/C11H19BrO/c1-11(2)8-7-10(13-11)6-4-3-5-9-12/h3-4,10H,5-9H2,1-2H3/b4-3+. The van der Waals surface area contributed by atoms with Crippen molar-refractivity contribution in [1.82, 2.24) is 0 Å². The maximum atomic E-state index is 5.87. The van der Waals surface area contributed by atoms with Crippen molar-refractivity contribution in [3.63, 3.8) is 0 Å². The first kappa shape index (κ1) is 11.3. The van der Waals surface area contributed by atoms with Gasteiger partial charge in [-0.1, -0.05) is 28.1 Å².